The van der Waals surface area contributed by atoms with Crippen molar-refractivity contribution in [3.8, 4) is 11.5 Å². The zero-order valence-corrected chi connectivity index (χ0v) is 10.6. The van der Waals surface area contributed by atoms with E-state index in [0.29, 0.717) is 11.6 Å². The van der Waals surface area contributed by atoms with Gasteiger partial charge in [0.25, 0.3) is 0 Å². The molecule has 2 aromatic carbocycles. The van der Waals surface area contributed by atoms with Crippen LogP contribution in [-0.2, 0) is 0 Å². The lowest BCUT2D eigenvalue weighted by Crippen LogP contribution is -1.87. The number of para-hydroxylation sites is 2. The second kappa shape index (κ2) is 4.06. The summed E-state index contributed by atoms with van der Waals surface area (Å²) in [6, 6.07) is 15.4. The van der Waals surface area contributed by atoms with Crippen molar-refractivity contribution < 1.29 is 4.42 Å². The lowest BCUT2D eigenvalue weighted by molar-refractivity contribution is 0.619. The van der Waals surface area contributed by atoms with Crippen LogP contribution in [0.25, 0.3) is 33.5 Å². The van der Waals surface area contributed by atoms with E-state index in [1.54, 1.807) is 6.20 Å². The van der Waals surface area contributed by atoms with Gasteiger partial charge in [-0.05, 0) is 30.3 Å². The van der Waals surface area contributed by atoms with Gasteiger partial charge in [-0.1, -0.05) is 18.2 Å². The summed E-state index contributed by atoms with van der Waals surface area (Å²) in [6.07, 6.45) is 1.76. The first kappa shape index (κ1) is 11.0. The maximum atomic E-state index is 5.75. The van der Waals surface area contributed by atoms with Gasteiger partial charge in [0, 0.05) is 17.3 Å². The van der Waals surface area contributed by atoms with E-state index in [0.717, 1.165) is 27.6 Å². The first-order chi connectivity index (χ1) is 9.79. The molecule has 0 radical (unpaired) electrons. The van der Waals surface area contributed by atoms with Crippen LogP contribution in [0, 0.1) is 0 Å². The highest BCUT2D eigenvalue weighted by atomic mass is 16.3. The number of nitrogen functional groups attached to an aromatic ring is 1. The van der Waals surface area contributed by atoms with Gasteiger partial charge in [0.1, 0.15) is 5.52 Å². The van der Waals surface area contributed by atoms with Crippen LogP contribution in [-0.4, -0.2) is 9.97 Å². The fourth-order valence-electron chi connectivity index (χ4n) is 2.25. The molecule has 0 atom stereocenters. The summed E-state index contributed by atoms with van der Waals surface area (Å²) in [7, 11) is 0. The van der Waals surface area contributed by atoms with E-state index >= 15 is 0 Å². The number of fused-ring (bicyclic) bond motifs is 2. The monoisotopic (exact) mass is 261 g/mol. The van der Waals surface area contributed by atoms with Crippen LogP contribution in [0.3, 0.4) is 0 Å². The minimum Gasteiger partial charge on any atom is -0.436 e. The first-order valence-corrected chi connectivity index (χ1v) is 6.31. The van der Waals surface area contributed by atoms with Gasteiger partial charge < -0.3 is 10.2 Å². The van der Waals surface area contributed by atoms with Crippen LogP contribution < -0.4 is 5.73 Å². The molecule has 4 heteroatoms. The molecule has 2 N–H and O–H groups in total. The maximum absolute atomic E-state index is 5.75. The van der Waals surface area contributed by atoms with Gasteiger partial charge in [0.05, 0.1) is 11.1 Å². The lowest BCUT2D eigenvalue weighted by Gasteiger charge is -2.00. The summed E-state index contributed by atoms with van der Waals surface area (Å²) in [5.41, 5.74) is 9.81. The van der Waals surface area contributed by atoms with Crippen LogP contribution in [0.1, 0.15) is 0 Å². The van der Waals surface area contributed by atoms with Crippen LogP contribution >= 0.6 is 0 Å². The topological polar surface area (TPSA) is 64.9 Å². The van der Waals surface area contributed by atoms with E-state index < -0.39 is 0 Å². The molecule has 0 aliphatic heterocycles. The number of anilines is 1. The van der Waals surface area contributed by atoms with Crippen molar-refractivity contribution in [2.45, 2.75) is 0 Å². The molecular formula is C16H11N3O. The molecule has 0 bridgehead atoms. The summed E-state index contributed by atoms with van der Waals surface area (Å²) in [5.74, 6) is 0.581. The highest BCUT2D eigenvalue weighted by molar-refractivity contribution is 5.85. The van der Waals surface area contributed by atoms with Crippen molar-refractivity contribution in [3.05, 3.63) is 54.7 Å². The fraction of sp³-hybridized carbons (Fsp3) is 0. The van der Waals surface area contributed by atoms with E-state index in [1.807, 2.05) is 48.5 Å². The van der Waals surface area contributed by atoms with Crippen molar-refractivity contribution in [1.82, 2.24) is 9.97 Å². The second-order valence-corrected chi connectivity index (χ2v) is 4.66. The zero-order chi connectivity index (χ0) is 13.5. The molecule has 20 heavy (non-hydrogen) atoms. The number of aromatic nitrogens is 2. The number of benzene rings is 2. The molecule has 0 spiro atoms. The summed E-state index contributed by atoms with van der Waals surface area (Å²) in [5, 5.41) is 1.01. The molecule has 96 valence electrons. The van der Waals surface area contributed by atoms with Gasteiger partial charge in [-0.3, -0.25) is 4.98 Å². The molecule has 4 aromatic rings. The normalized spacial score (nSPS) is 11.2. The van der Waals surface area contributed by atoms with Crippen LogP contribution in [0.4, 0.5) is 5.69 Å². The number of pyridine rings is 1. The van der Waals surface area contributed by atoms with Crippen molar-refractivity contribution >= 4 is 27.7 Å². The molecule has 0 saturated carbocycles. The number of oxazole rings is 1. The molecule has 2 aromatic heterocycles. The molecule has 0 aliphatic rings. The molecule has 4 rings (SSSR count). The van der Waals surface area contributed by atoms with Gasteiger partial charge >= 0.3 is 0 Å². The van der Waals surface area contributed by atoms with Crippen LogP contribution in [0.5, 0.6) is 0 Å². The molecule has 2 heterocycles. The Morgan fingerprint density at radius 3 is 2.75 bits per heavy atom. The van der Waals surface area contributed by atoms with Crippen LogP contribution in [0.2, 0.25) is 0 Å². The average molecular weight is 261 g/mol. The lowest BCUT2D eigenvalue weighted by atomic mass is 10.1. The van der Waals surface area contributed by atoms with E-state index in [9.17, 15) is 0 Å². The van der Waals surface area contributed by atoms with Crippen molar-refractivity contribution in [2.75, 3.05) is 5.73 Å². The van der Waals surface area contributed by atoms with Crippen LogP contribution in [0.15, 0.2) is 59.1 Å². The Bertz CT molecular complexity index is 894. The average Bonchev–Trinajstić information content (AvgIpc) is 2.90. The Kier molecular flexibility index (Phi) is 2.23. The predicted molar refractivity (Wildman–Crippen MR) is 79.2 cm³/mol. The molecular weight excluding hydrogens is 250 g/mol. The third kappa shape index (κ3) is 1.70. The fourth-order valence-corrected chi connectivity index (χ4v) is 2.25. The van der Waals surface area contributed by atoms with Crippen molar-refractivity contribution in [3.63, 3.8) is 0 Å². The molecule has 0 aliphatic carbocycles. The highest BCUT2D eigenvalue weighted by Crippen LogP contribution is 2.26. The Morgan fingerprint density at radius 2 is 1.85 bits per heavy atom. The maximum Gasteiger partial charge on any atom is 0.228 e. The molecule has 0 unspecified atom stereocenters. The highest BCUT2D eigenvalue weighted by Gasteiger charge is 2.09. The Balaban J connectivity index is 1.90. The summed E-state index contributed by atoms with van der Waals surface area (Å²) >= 11 is 0. The standard InChI is InChI=1S/C16H11N3O/c17-12-6-5-10-7-11(9-18-14(10)8-12)16-19-13-3-1-2-4-15(13)20-16/h1-9H,17H2. The Morgan fingerprint density at radius 1 is 0.950 bits per heavy atom. The van der Waals surface area contributed by atoms with Crippen molar-refractivity contribution in [2.24, 2.45) is 0 Å². The van der Waals surface area contributed by atoms with E-state index in [2.05, 4.69) is 9.97 Å². The second-order valence-electron chi connectivity index (χ2n) is 4.66. The Hall–Kier alpha value is -2.88. The number of nitrogens with two attached hydrogens (primary N) is 1. The van der Waals surface area contributed by atoms with E-state index in [1.165, 1.54) is 0 Å². The SMILES string of the molecule is Nc1ccc2cc(-c3nc4ccccc4o3)cnc2c1. The minimum absolute atomic E-state index is 0.581. The van der Waals surface area contributed by atoms with Crippen molar-refractivity contribution in [1.29, 1.82) is 0 Å². The van der Waals surface area contributed by atoms with Gasteiger partial charge in [0.2, 0.25) is 5.89 Å². The largest absolute Gasteiger partial charge is 0.436 e. The third-order valence-electron chi connectivity index (χ3n) is 3.25. The van der Waals surface area contributed by atoms with Gasteiger partial charge in [-0.15, -0.1) is 0 Å². The van der Waals surface area contributed by atoms with Gasteiger partial charge in [-0.2, -0.15) is 0 Å². The Labute approximate surface area is 114 Å². The van der Waals surface area contributed by atoms with Gasteiger partial charge in [0.15, 0.2) is 5.58 Å². The molecule has 0 amide bonds. The predicted octanol–water partition coefficient (Wildman–Crippen LogP) is 3.63. The summed E-state index contributed by atoms with van der Waals surface area (Å²) in [4.78, 5) is 8.88. The first-order valence-electron chi connectivity index (χ1n) is 6.31. The zero-order valence-electron chi connectivity index (χ0n) is 10.6. The number of hydrogen-bond donors (Lipinski definition) is 1. The third-order valence-corrected chi connectivity index (χ3v) is 3.25. The smallest absolute Gasteiger partial charge is 0.228 e. The molecule has 0 saturated heterocycles. The number of hydrogen-bond acceptors (Lipinski definition) is 4. The molecule has 4 nitrogen and oxygen atoms in total. The van der Waals surface area contributed by atoms with E-state index in [-0.39, 0.29) is 0 Å². The number of nitrogens with zero attached hydrogens (tertiary/aromatic N) is 2. The summed E-state index contributed by atoms with van der Waals surface area (Å²) in [6.45, 7) is 0. The number of rotatable bonds is 1. The minimum atomic E-state index is 0.581. The summed E-state index contributed by atoms with van der Waals surface area (Å²) < 4.78 is 5.75. The molecule has 0 fully saturated rings. The van der Waals surface area contributed by atoms with Gasteiger partial charge in [-0.25, -0.2) is 4.98 Å². The quantitative estimate of drug-likeness (QED) is 0.531. The van der Waals surface area contributed by atoms with E-state index in [4.69, 9.17) is 10.2 Å².